The molecule has 7 aromatic rings. The first-order chi connectivity index (χ1) is 26.4. The fourth-order valence-corrected chi connectivity index (χ4v) is 6.10. The summed E-state index contributed by atoms with van der Waals surface area (Å²) in [6.45, 7) is 0. The van der Waals surface area contributed by atoms with Gasteiger partial charge in [-0.3, -0.25) is 0 Å². The van der Waals surface area contributed by atoms with Crippen molar-refractivity contribution in [1.82, 2.24) is 39.9 Å². The third-order valence-electron chi connectivity index (χ3n) is 8.55. The van der Waals surface area contributed by atoms with Gasteiger partial charge >= 0.3 is 16.8 Å². The summed E-state index contributed by atoms with van der Waals surface area (Å²) in [5.74, 6) is -44.8. The summed E-state index contributed by atoms with van der Waals surface area (Å²) in [6.07, 6.45) is 0. The standard InChI is InChI=1S/C32F16N8.Co/c33-9-1-2(10(34)18(42)17(9)41)26-49-25(1)53-27-3-4(12(36)20(44)19(43)11(3)35)29(50-27)55-31-7-8(16(40)24(48)23(47)15(7)39)32(52-31)56-30-6-5(28(51-30)54-26)13(37)21(45)22(46)14(6)38;/q-2;+2. The maximum absolute atomic E-state index is 15.4. The van der Waals surface area contributed by atoms with Gasteiger partial charge in [-0.25, -0.2) is 80.2 Å². The fourth-order valence-electron chi connectivity index (χ4n) is 6.10. The van der Waals surface area contributed by atoms with Gasteiger partial charge in [0.15, 0.2) is 93.1 Å². The number of hydrogen-bond donors (Lipinski definition) is 0. The van der Waals surface area contributed by atoms with Gasteiger partial charge in [0, 0.05) is 44.1 Å². The van der Waals surface area contributed by atoms with Crippen LogP contribution in [0, 0.1) is 93.1 Å². The molecule has 2 aliphatic rings. The summed E-state index contributed by atoms with van der Waals surface area (Å²) in [5, 5.41) is -6.07. The molecule has 0 unspecified atom stereocenters. The zero-order valence-electron chi connectivity index (χ0n) is 26.0. The number of halogens is 16. The van der Waals surface area contributed by atoms with E-state index in [1.807, 2.05) is 0 Å². The monoisotopic (exact) mass is 859 g/mol. The van der Waals surface area contributed by atoms with Crippen LogP contribution in [-0.2, 0) is 16.8 Å². The minimum atomic E-state index is -2.55. The third-order valence-corrected chi connectivity index (χ3v) is 8.55. The summed E-state index contributed by atoms with van der Waals surface area (Å²) in [4.78, 5) is 28.3. The van der Waals surface area contributed by atoms with Crippen molar-refractivity contribution in [3.05, 3.63) is 93.1 Å². The average Bonchev–Trinajstić information content (AvgIpc) is 3.92. The van der Waals surface area contributed by atoms with Gasteiger partial charge < -0.3 is 29.9 Å². The van der Waals surface area contributed by atoms with Gasteiger partial charge in [0.2, 0.25) is 0 Å². The molecule has 2 aliphatic heterocycles. The predicted molar refractivity (Wildman–Crippen MR) is 153 cm³/mol. The number of aromatic nitrogens is 8. The Bertz CT molecular complexity index is 2820. The largest absolute Gasteiger partial charge is 2.00 e. The molecule has 3 aromatic heterocycles. The summed E-state index contributed by atoms with van der Waals surface area (Å²) in [7, 11) is 0. The molecular weight excluding hydrogens is 859 g/mol. The zero-order chi connectivity index (χ0) is 40.1. The van der Waals surface area contributed by atoms with E-state index in [9.17, 15) is 35.1 Å². The fraction of sp³-hybridized carbons (Fsp3) is 0. The van der Waals surface area contributed by atoms with Gasteiger partial charge in [0.25, 0.3) is 0 Å². The van der Waals surface area contributed by atoms with Crippen LogP contribution in [0.2, 0.25) is 0 Å². The maximum atomic E-state index is 15.4. The molecule has 0 N–H and O–H groups in total. The molecule has 0 aliphatic carbocycles. The molecule has 0 saturated heterocycles. The Morgan fingerprint density at radius 3 is 0.596 bits per heavy atom. The molecule has 0 saturated carbocycles. The predicted octanol–water partition coefficient (Wildman–Crippen LogP) is 8.35. The maximum Gasteiger partial charge on any atom is 2.00 e. The Labute approximate surface area is 309 Å². The molecule has 1 radical (unpaired) electrons. The molecule has 25 heteroatoms. The van der Waals surface area contributed by atoms with Crippen LogP contribution in [0.3, 0.4) is 0 Å². The van der Waals surface area contributed by atoms with E-state index < -0.39 is 183 Å². The molecule has 8 nitrogen and oxygen atoms in total. The molecule has 289 valence electrons. The first-order valence-electron chi connectivity index (χ1n) is 14.6. The summed E-state index contributed by atoms with van der Waals surface area (Å²) in [6, 6.07) is 0. The van der Waals surface area contributed by atoms with E-state index in [-0.39, 0.29) is 16.8 Å². The Morgan fingerprint density at radius 1 is 0.228 bits per heavy atom. The first-order valence-corrected chi connectivity index (χ1v) is 14.6. The Hall–Kier alpha value is -6.37. The molecule has 57 heavy (non-hydrogen) atoms. The van der Waals surface area contributed by atoms with Crippen molar-refractivity contribution >= 4 is 44.1 Å². The van der Waals surface area contributed by atoms with Crippen LogP contribution in [0.4, 0.5) is 70.2 Å². The van der Waals surface area contributed by atoms with Gasteiger partial charge in [-0.1, -0.05) is 0 Å². The minimum Gasteiger partial charge on any atom is -0.357 e. The molecule has 4 aromatic carbocycles. The van der Waals surface area contributed by atoms with Crippen molar-refractivity contribution in [2.24, 2.45) is 0 Å². The first kappa shape index (κ1) is 37.5. The molecule has 0 spiro atoms. The van der Waals surface area contributed by atoms with E-state index >= 15 is 35.1 Å². The molecule has 0 fully saturated rings. The van der Waals surface area contributed by atoms with E-state index in [0.29, 0.717) is 0 Å². The van der Waals surface area contributed by atoms with Crippen molar-refractivity contribution < 1.29 is 87.0 Å². The van der Waals surface area contributed by atoms with Gasteiger partial charge in [-0.2, -0.15) is 0 Å². The normalized spacial score (nSPS) is 12.1. The second kappa shape index (κ2) is 12.3. The quantitative estimate of drug-likeness (QED) is 0.0852. The van der Waals surface area contributed by atoms with E-state index in [4.69, 9.17) is 0 Å². The number of hydrogen-bond acceptors (Lipinski definition) is 6. The second-order valence-corrected chi connectivity index (χ2v) is 11.5. The van der Waals surface area contributed by atoms with Gasteiger partial charge in [-0.15, -0.1) is 0 Å². The van der Waals surface area contributed by atoms with Crippen LogP contribution in [-0.4, -0.2) is 29.9 Å². The topological polar surface area (TPSA) is 106 Å². The van der Waals surface area contributed by atoms with E-state index in [2.05, 4.69) is 39.9 Å². The molecule has 0 atom stereocenters. The second-order valence-electron chi connectivity index (χ2n) is 11.5. The van der Waals surface area contributed by atoms with Crippen LogP contribution in [0.15, 0.2) is 0 Å². The molecule has 0 amide bonds. The number of fused-ring (bicyclic) bond motifs is 20. The smallest absolute Gasteiger partial charge is 0.357 e. The van der Waals surface area contributed by atoms with E-state index in [0.717, 1.165) is 0 Å². The van der Waals surface area contributed by atoms with E-state index in [1.54, 1.807) is 0 Å². The van der Waals surface area contributed by atoms with Crippen LogP contribution in [0.5, 0.6) is 0 Å². The summed E-state index contributed by atoms with van der Waals surface area (Å²) >= 11 is 0. The minimum absolute atomic E-state index is 0. The van der Waals surface area contributed by atoms with Crippen molar-refractivity contribution in [1.29, 1.82) is 0 Å². The molecule has 8 bridgehead atoms. The van der Waals surface area contributed by atoms with Gasteiger partial charge in [0.05, 0.1) is 45.6 Å². The van der Waals surface area contributed by atoms with Gasteiger partial charge in [-0.05, 0) is 0 Å². The molecular formula is C32CoF16N8. The average molecular weight is 859 g/mol. The van der Waals surface area contributed by atoms with Crippen LogP contribution in [0.25, 0.3) is 89.7 Å². The summed E-state index contributed by atoms with van der Waals surface area (Å²) in [5.41, 5.74) is -11.8. The van der Waals surface area contributed by atoms with Crippen LogP contribution in [0.1, 0.15) is 0 Å². The van der Waals surface area contributed by atoms with Crippen molar-refractivity contribution in [3.63, 3.8) is 0 Å². The SMILES string of the molecule is Fc1c(F)c(F)c2c(c1F)-c1nc-2nc2[n-]c(nc3nc(nc4[n-]c(n1)c1c(F)c(F)c(F)c(F)c41)-c1c(F)c(F)c(F)c(F)c1-3)c1c(F)c(F)c(F)c(F)c21.[Co+2]. The zero-order valence-corrected chi connectivity index (χ0v) is 27.0. The number of benzene rings is 4. The number of nitrogens with zero attached hydrogens (tertiary/aromatic N) is 8. The van der Waals surface area contributed by atoms with Crippen molar-refractivity contribution in [2.45, 2.75) is 0 Å². The number of rotatable bonds is 0. The summed E-state index contributed by atoms with van der Waals surface area (Å²) < 4.78 is 240. The van der Waals surface area contributed by atoms with Crippen LogP contribution < -0.4 is 9.97 Å². The third kappa shape index (κ3) is 4.77. The van der Waals surface area contributed by atoms with Gasteiger partial charge in [0.1, 0.15) is 0 Å². The van der Waals surface area contributed by atoms with Crippen molar-refractivity contribution in [2.75, 3.05) is 0 Å². The Balaban J connectivity index is 0.00000455. The molecule has 9 rings (SSSR count). The molecule has 5 heterocycles. The van der Waals surface area contributed by atoms with E-state index in [1.165, 1.54) is 0 Å². The van der Waals surface area contributed by atoms with Crippen LogP contribution >= 0.6 is 0 Å². The van der Waals surface area contributed by atoms with Crippen molar-refractivity contribution in [3.8, 4) is 45.6 Å². The Morgan fingerprint density at radius 2 is 0.404 bits per heavy atom. The Kier molecular flexibility index (Phi) is 8.11.